The lowest BCUT2D eigenvalue weighted by atomic mass is 9.69. The average molecular weight is 413 g/mol. The molecule has 3 atom stereocenters. The van der Waals surface area contributed by atoms with E-state index in [1.165, 1.54) is 0 Å². The lowest BCUT2D eigenvalue weighted by Gasteiger charge is -2.35. The average Bonchev–Trinajstić information content (AvgIpc) is 2.59. The van der Waals surface area contributed by atoms with E-state index in [0.29, 0.717) is 17.8 Å². The van der Waals surface area contributed by atoms with Crippen molar-refractivity contribution < 1.29 is 19.8 Å². The fraction of sp³-hybridized carbons (Fsp3) is 0.920. The molecule has 0 aliphatic heterocycles. The number of carbonyl (C=O) groups is 2. The lowest BCUT2D eigenvalue weighted by Crippen LogP contribution is -2.34. The van der Waals surface area contributed by atoms with E-state index in [1.807, 2.05) is 0 Å². The fourth-order valence-corrected chi connectivity index (χ4v) is 4.53. The van der Waals surface area contributed by atoms with E-state index in [-0.39, 0.29) is 24.2 Å². The van der Waals surface area contributed by atoms with Crippen molar-refractivity contribution in [1.29, 1.82) is 0 Å². The zero-order chi connectivity index (χ0) is 22.4. The third-order valence-corrected chi connectivity index (χ3v) is 6.23. The minimum Gasteiger partial charge on any atom is -0.481 e. The normalized spacial score (nSPS) is 15.1. The number of aliphatic carboxylic acids is 2. The van der Waals surface area contributed by atoms with Gasteiger partial charge >= 0.3 is 11.9 Å². The quantitative estimate of drug-likeness (QED) is 0.232. The molecule has 0 saturated carbocycles. The molecule has 3 unspecified atom stereocenters. The molecule has 172 valence electrons. The largest absolute Gasteiger partial charge is 0.481 e. The van der Waals surface area contributed by atoms with Crippen LogP contribution in [-0.4, -0.2) is 22.2 Å². The molecule has 0 aromatic carbocycles. The second-order valence-corrected chi connectivity index (χ2v) is 10.2. The van der Waals surface area contributed by atoms with Gasteiger partial charge in [-0.05, 0) is 48.9 Å². The van der Waals surface area contributed by atoms with E-state index in [1.54, 1.807) is 0 Å². The van der Waals surface area contributed by atoms with Crippen molar-refractivity contribution in [2.24, 2.45) is 35.5 Å². The first-order chi connectivity index (χ1) is 13.6. The van der Waals surface area contributed by atoms with E-state index >= 15 is 0 Å². The first-order valence-corrected chi connectivity index (χ1v) is 12.0. The fourth-order valence-electron chi connectivity index (χ4n) is 4.53. The Morgan fingerprint density at radius 2 is 1.17 bits per heavy atom. The van der Waals surface area contributed by atoms with E-state index in [4.69, 9.17) is 5.11 Å². The van der Waals surface area contributed by atoms with Crippen LogP contribution in [0.3, 0.4) is 0 Å². The highest BCUT2D eigenvalue weighted by atomic mass is 16.4. The molecule has 0 spiro atoms. The van der Waals surface area contributed by atoms with Gasteiger partial charge in [0, 0.05) is 6.42 Å². The van der Waals surface area contributed by atoms with Crippen LogP contribution in [-0.2, 0) is 9.59 Å². The first-order valence-electron chi connectivity index (χ1n) is 12.0. The summed E-state index contributed by atoms with van der Waals surface area (Å²) in [5.41, 5.74) is 0. The molecule has 2 N–H and O–H groups in total. The molecular weight excluding hydrogens is 364 g/mol. The van der Waals surface area contributed by atoms with Gasteiger partial charge < -0.3 is 10.2 Å². The highest BCUT2D eigenvalue weighted by Gasteiger charge is 2.35. The number of rotatable bonds is 18. The molecule has 4 heteroatoms. The summed E-state index contributed by atoms with van der Waals surface area (Å²) in [7, 11) is 0. The van der Waals surface area contributed by atoms with Crippen LogP contribution in [0.25, 0.3) is 0 Å². The summed E-state index contributed by atoms with van der Waals surface area (Å²) in [5.74, 6) is 0.515. The third kappa shape index (κ3) is 13.7. The van der Waals surface area contributed by atoms with Gasteiger partial charge in [0.05, 0.1) is 5.92 Å². The van der Waals surface area contributed by atoms with Crippen LogP contribution < -0.4 is 0 Å². The van der Waals surface area contributed by atoms with Crippen molar-refractivity contribution in [3.63, 3.8) is 0 Å². The van der Waals surface area contributed by atoms with Crippen molar-refractivity contribution in [3.05, 3.63) is 0 Å². The highest BCUT2D eigenvalue weighted by molar-refractivity contribution is 5.70. The van der Waals surface area contributed by atoms with Crippen molar-refractivity contribution in [2.75, 3.05) is 0 Å². The third-order valence-electron chi connectivity index (χ3n) is 6.23. The summed E-state index contributed by atoms with van der Waals surface area (Å²) in [6, 6.07) is 0. The maximum Gasteiger partial charge on any atom is 0.307 e. The van der Waals surface area contributed by atoms with Gasteiger partial charge in [-0.3, -0.25) is 9.59 Å². The van der Waals surface area contributed by atoms with Gasteiger partial charge in [0.15, 0.2) is 0 Å². The monoisotopic (exact) mass is 412 g/mol. The molecule has 0 aliphatic carbocycles. The summed E-state index contributed by atoms with van der Waals surface area (Å²) in [6.45, 7) is 13.1. The van der Waals surface area contributed by atoms with E-state index in [2.05, 4.69) is 41.5 Å². The van der Waals surface area contributed by atoms with Crippen molar-refractivity contribution in [1.82, 2.24) is 0 Å². The summed E-state index contributed by atoms with van der Waals surface area (Å²) in [4.78, 5) is 22.7. The maximum absolute atomic E-state index is 12.1. The molecule has 0 aromatic rings. The predicted octanol–water partition coefficient (Wildman–Crippen LogP) is 7.26. The Hall–Kier alpha value is -1.06. The minimum absolute atomic E-state index is 0.155. The zero-order valence-electron chi connectivity index (χ0n) is 20.0. The molecule has 0 radical (unpaired) electrons. The number of unbranched alkanes of at least 4 members (excludes halogenated alkanes) is 4. The molecule has 0 bridgehead atoms. The Bertz CT molecular complexity index is 442. The first kappa shape index (κ1) is 27.9. The molecule has 0 aromatic heterocycles. The van der Waals surface area contributed by atoms with E-state index in [0.717, 1.165) is 64.2 Å². The molecule has 0 heterocycles. The summed E-state index contributed by atoms with van der Waals surface area (Å²) in [6.07, 6.45) is 10.8. The molecule has 0 aliphatic rings. The standard InChI is InChI=1S/C25H48O4/c1-18(2)14-16-21(12-10-8-7-9-11-13-23(26)27)22(17-15-19(3)4)24(20(5)6)25(28)29/h18-22,24H,7-17H2,1-6H3,(H,26,27)(H,28,29). The molecule has 0 rings (SSSR count). The summed E-state index contributed by atoms with van der Waals surface area (Å²) < 4.78 is 0. The SMILES string of the molecule is CC(C)CCC(CCCCCCCC(=O)O)C(CCC(C)C)C(C(=O)O)C(C)C. The Balaban J connectivity index is 5.02. The number of hydrogen-bond acceptors (Lipinski definition) is 2. The van der Waals surface area contributed by atoms with Crippen molar-refractivity contribution >= 4 is 11.9 Å². The van der Waals surface area contributed by atoms with Crippen LogP contribution in [0.5, 0.6) is 0 Å². The molecule has 4 nitrogen and oxygen atoms in total. The highest BCUT2D eigenvalue weighted by Crippen LogP contribution is 2.38. The maximum atomic E-state index is 12.1. The van der Waals surface area contributed by atoms with E-state index < -0.39 is 11.9 Å². The summed E-state index contributed by atoms with van der Waals surface area (Å²) in [5, 5.41) is 18.7. The van der Waals surface area contributed by atoms with Crippen molar-refractivity contribution in [3.8, 4) is 0 Å². The van der Waals surface area contributed by atoms with Gasteiger partial charge in [0.1, 0.15) is 0 Å². The lowest BCUT2D eigenvalue weighted by molar-refractivity contribution is -0.147. The number of carboxylic acid groups (broad SMARTS) is 2. The van der Waals surface area contributed by atoms with Gasteiger partial charge in [-0.25, -0.2) is 0 Å². The van der Waals surface area contributed by atoms with E-state index in [9.17, 15) is 14.7 Å². The second kappa shape index (κ2) is 15.7. The molecule has 0 amide bonds. The Morgan fingerprint density at radius 3 is 1.66 bits per heavy atom. The Labute approximate surface area is 179 Å². The van der Waals surface area contributed by atoms with Gasteiger partial charge in [-0.15, -0.1) is 0 Å². The van der Waals surface area contributed by atoms with Crippen LogP contribution in [0.4, 0.5) is 0 Å². The molecule has 29 heavy (non-hydrogen) atoms. The van der Waals surface area contributed by atoms with Gasteiger partial charge in [0.2, 0.25) is 0 Å². The molecular formula is C25H48O4. The zero-order valence-corrected chi connectivity index (χ0v) is 20.0. The topological polar surface area (TPSA) is 74.6 Å². The molecule has 0 fully saturated rings. The Morgan fingerprint density at radius 1 is 0.655 bits per heavy atom. The van der Waals surface area contributed by atoms with Gasteiger partial charge in [-0.2, -0.15) is 0 Å². The van der Waals surface area contributed by atoms with Gasteiger partial charge in [-0.1, -0.05) is 86.5 Å². The van der Waals surface area contributed by atoms with Gasteiger partial charge in [0.25, 0.3) is 0 Å². The van der Waals surface area contributed by atoms with Crippen molar-refractivity contribution in [2.45, 2.75) is 112 Å². The van der Waals surface area contributed by atoms with Crippen LogP contribution in [0.1, 0.15) is 112 Å². The second-order valence-electron chi connectivity index (χ2n) is 10.2. The van der Waals surface area contributed by atoms with Crippen LogP contribution >= 0.6 is 0 Å². The summed E-state index contributed by atoms with van der Waals surface area (Å²) >= 11 is 0. The Kier molecular flexibility index (Phi) is 15.2. The van der Waals surface area contributed by atoms with Crippen LogP contribution in [0.15, 0.2) is 0 Å². The minimum atomic E-state index is -0.708. The number of hydrogen-bond donors (Lipinski definition) is 2. The van der Waals surface area contributed by atoms with Crippen LogP contribution in [0, 0.1) is 35.5 Å². The molecule has 0 saturated heterocycles. The number of carboxylic acids is 2. The van der Waals surface area contributed by atoms with Crippen LogP contribution in [0.2, 0.25) is 0 Å². The predicted molar refractivity (Wildman–Crippen MR) is 121 cm³/mol. The smallest absolute Gasteiger partial charge is 0.307 e.